The van der Waals surface area contributed by atoms with Crippen LogP contribution in [0.1, 0.15) is 0 Å². The van der Waals surface area contributed by atoms with E-state index in [1.165, 1.54) is 13.1 Å². The zero-order chi connectivity index (χ0) is 13.8. The molecule has 0 bridgehead atoms. The minimum Gasteiger partial charge on any atom is -1.00 e. The summed E-state index contributed by atoms with van der Waals surface area (Å²) >= 11 is -2.29. The monoisotopic (exact) mass is 400 g/mol. The summed E-state index contributed by atoms with van der Waals surface area (Å²) in [5, 5.41) is 0. The van der Waals surface area contributed by atoms with Crippen LogP contribution in [0.25, 0.3) is 0 Å². The molecule has 0 saturated carbocycles. The molecule has 3 aromatic carbocycles. The predicted octanol–water partition coefficient (Wildman–Crippen LogP) is -0.209. The van der Waals surface area contributed by atoms with Crippen molar-refractivity contribution in [3.05, 3.63) is 91.0 Å². The van der Waals surface area contributed by atoms with Crippen LogP contribution in [0, 0.1) is 0 Å². The van der Waals surface area contributed by atoms with Gasteiger partial charge in [-0.1, -0.05) is 0 Å². The number of halogens is 1. The average molecular weight is 401 g/mol. The quantitative estimate of drug-likeness (QED) is 0.534. The maximum Gasteiger partial charge on any atom is -1.00 e. The van der Waals surface area contributed by atoms with Gasteiger partial charge in [-0.25, -0.2) is 0 Å². The Kier molecular flexibility index (Phi) is 5.44. The molecule has 0 nitrogen and oxygen atoms in total. The summed E-state index contributed by atoms with van der Waals surface area (Å²) in [6.07, 6.45) is 0. The Bertz CT molecular complexity index is 569. The minimum absolute atomic E-state index is 0. The minimum atomic E-state index is -2.29. The molecule has 0 aliphatic carbocycles. The second-order valence-corrected chi connectivity index (χ2v) is 12.5. The van der Waals surface area contributed by atoms with E-state index in [9.17, 15) is 0 Å². The molecule has 0 amide bonds. The van der Waals surface area contributed by atoms with Crippen LogP contribution in [0.4, 0.5) is 0 Å². The van der Waals surface area contributed by atoms with Crippen molar-refractivity contribution in [1.82, 2.24) is 0 Å². The third kappa shape index (κ3) is 3.15. The molecule has 3 rings (SSSR count). The van der Waals surface area contributed by atoms with Gasteiger partial charge in [0.25, 0.3) is 0 Å². The fraction of sp³-hybridized carbons (Fsp3) is 0.0526. The Hall–Kier alpha value is -1.30. The molecule has 0 N–H and O–H groups in total. The third-order valence-corrected chi connectivity index (χ3v) is 12.2. The molecule has 106 valence electrons. The van der Waals surface area contributed by atoms with Crippen molar-refractivity contribution in [3.63, 3.8) is 0 Å². The van der Waals surface area contributed by atoms with Gasteiger partial charge in [0.15, 0.2) is 0 Å². The predicted molar refractivity (Wildman–Crippen MR) is 89.8 cm³/mol. The second-order valence-electron chi connectivity index (χ2n) is 5.01. The summed E-state index contributed by atoms with van der Waals surface area (Å²) in [6, 6.07) is 32.9. The molecule has 0 atom stereocenters. The van der Waals surface area contributed by atoms with E-state index in [2.05, 4.69) is 96.7 Å². The van der Waals surface area contributed by atoms with E-state index in [0.29, 0.717) is 0 Å². The van der Waals surface area contributed by atoms with Crippen LogP contribution in [0.15, 0.2) is 91.0 Å². The smallest absolute Gasteiger partial charge is 1.00 e. The van der Waals surface area contributed by atoms with Crippen molar-refractivity contribution in [2.45, 2.75) is 5.71 Å². The first-order valence-corrected chi connectivity index (χ1v) is 11.5. The number of hydrogen-bond acceptors (Lipinski definition) is 0. The van der Waals surface area contributed by atoms with Gasteiger partial charge in [0.1, 0.15) is 0 Å². The SMILES string of the molecule is C[As+](c1ccccc1)(c1ccccc1)c1ccccc1.[Br-]. The molecule has 0 saturated heterocycles. The number of hydrogen-bond donors (Lipinski definition) is 0. The molecule has 3 aromatic rings. The Morgan fingerprint density at radius 2 is 0.714 bits per heavy atom. The summed E-state index contributed by atoms with van der Waals surface area (Å²) in [7, 11) is 0. The van der Waals surface area contributed by atoms with Gasteiger partial charge < -0.3 is 17.0 Å². The molecule has 0 radical (unpaired) electrons. The fourth-order valence-electron chi connectivity index (χ4n) is 2.63. The van der Waals surface area contributed by atoms with Crippen LogP contribution in [0.3, 0.4) is 0 Å². The first kappa shape index (κ1) is 16.1. The van der Waals surface area contributed by atoms with E-state index in [0.717, 1.165) is 0 Å². The van der Waals surface area contributed by atoms with E-state index >= 15 is 0 Å². The maximum atomic E-state index is 2.47. The first-order valence-electron chi connectivity index (χ1n) is 6.85. The summed E-state index contributed by atoms with van der Waals surface area (Å²) in [5.74, 6) is 0. The molecule has 0 fully saturated rings. The second kappa shape index (κ2) is 7.11. The van der Waals surface area contributed by atoms with Gasteiger partial charge in [-0.3, -0.25) is 0 Å². The molecule has 0 aliphatic heterocycles. The van der Waals surface area contributed by atoms with E-state index < -0.39 is 13.6 Å². The van der Waals surface area contributed by atoms with Crippen LogP contribution in [0.5, 0.6) is 0 Å². The fourth-order valence-corrected chi connectivity index (χ4v) is 9.34. The summed E-state index contributed by atoms with van der Waals surface area (Å²) in [5.41, 5.74) is 2.47. The van der Waals surface area contributed by atoms with Crippen LogP contribution < -0.4 is 30.0 Å². The normalized spacial score (nSPS) is 10.7. The molecule has 0 spiro atoms. The average Bonchev–Trinajstić information content (AvgIpc) is 2.56. The Balaban J connectivity index is 0.00000161. The largest absolute Gasteiger partial charge is 1.00 e. The molecule has 0 heterocycles. The zero-order valence-electron chi connectivity index (χ0n) is 12.0. The molecule has 0 unspecified atom stereocenters. The molecule has 21 heavy (non-hydrogen) atoms. The zero-order valence-corrected chi connectivity index (χ0v) is 15.4. The van der Waals surface area contributed by atoms with Crippen molar-refractivity contribution in [3.8, 4) is 0 Å². The summed E-state index contributed by atoms with van der Waals surface area (Å²) in [6.45, 7) is 0. The van der Waals surface area contributed by atoms with Crippen LogP contribution in [0.2, 0.25) is 5.71 Å². The van der Waals surface area contributed by atoms with Crippen molar-refractivity contribution in [2.24, 2.45) is 0 Å². The van der Waals surface area contributed by atoms with Gasteiger partial charge in [-0.05, 0) is 0 Å². The van der Waals surface area contributed by atoms with Gasteiger partial charge in [-0.15, -0.1) is 0 Å². The molecular formula is C19H18AsBr. The van der Waals surface area contributed by atoms with Gasteiger partial charge in [0, 0.05) is 0 Å². The Morgan fingerprint density at radius 3 is 0.952 bits per heavy atom. The third-order valence-electron chi connectivity index (χ3n) is 3.82. The van der Waals surface area contributed by atoms with Crippen molar-refractivity contribution >= 4 is 26.6 Å². The summed E-state index contributed by atoms with van der Waals surface area (Å²) in [4.78, 5) is 0. The number of rotatable bonds is 3. The maximum absolute atomic E-state index is 2.47. The van der Waals surface area contributed by atoms with Crippen molar-refractivity contribution in [2.75, 3.05) is 0 Å². The summed E-state index contributed by atoms with van der Waals surface area (Å²) < 4.78 is 4.47. The molecular weight excluding hydrogens is 383 g/mol. The van der Waals surface area contributed by atoms with Crippen molar-refractivity contribution < 1.29 is 17.0 Å². The molecule has 0 aromatic heterocycles. The van der Waals surface area contributed by atoms with Crippen molar-refractivity contribution in [1.29, 1.82) is 0 Å². The first-order chi connectivity index (χ1) is 9.82. The van der Waals surface area contributed by atoms with Gasteiger partial charge in [-0.2, -0.15) is 0 Å². The van der Waals surface area contributed by atoms with Crippen LogP contribution >= 0.6 is 0 Å². The number of benzene rings is 3. The topological polar surface area (TPSA) is 0 Å². The Morgan fingerprint density at radius 1 is 0.476 bits per heavy atom. The van der Waals surface area contributed by atoms with E-state index in [1.54, 1.807) is 0 Å². The van der Waals surface area contributed by atoms with E-state index in [1.807, 2.05) is 0 Å². The van der Waals surface area contributed by atoms with Gasteiger partial charge in [0.2, 0.25) is 0 Å². The standard InChI is InChI=1S/C19H18As.BrH/c1-20(17-11-5-2-6-12-17,18-13-7-3-8-14-18)19-15-9-4-10-16-19;/h2-16H,1H3;1H/q+1;/p-1. The molecule has 2 heteroatoms. The molecule has 0 aliphatic rings. The van der Waals surface area contributed by atoms with E-state index in [-0.39, 0.29) is 17.0 Å². The van der Waals surface area contributed by atoms with Gasteiger partial charge >= 0.3 is 123 Å². The Labute approximate surface area is 140 Å². The van der Waals surface area contributed by atoms with Crippen LogP contribution in [-0.4, -0.2) is 13.6 Å². The van der Waals surface area contributed by atoms with Gasteiger partial charge in [0.05, 0.1) is 0 Å². The van der Waals surface area contributed by atoms with Crippen LogP contribution in [-0.2, 0) is 0 Å². The van der Waals surface area contributed by atoms with E-state index in [4.69, 9.17) is 0 Å².